The van der Waals surface area contributed by atoms with Gasteiger partial charge in [0.1, 0.15) is 18.3 Å². The van der Waals surface area contributed by atoms with Crippen molar-refractivity contribution in [1.82, 2.24) is 10.2 Å². The Morgan fingerprint density at radius 3 is 2.20 bits per heavy atom. The number of carbonyl (C=O) groups excluding carboxylic acids is 2. The van der Waals surface area contributed by atoms with Gasteiger partial charge in [-0.25, -0.2) is 8.42 Å². The SMILES string of the molecule is COc1cccc(CN(C(=O)CN(c2ccc(Br)cc2)S(=O)(=O)c2ccc(C)cc2)C(C)C(=O)NC(C)(C)C)c1. The van der Waals surface area contributed by atoms with Crippen LogP contribution < -0.4 is 14.4 Å². The van der Waals surface area contributed by atoms with Crippen LogP contribution in [0.15, 0.2) is 82.2 Å². The molecule has 0 heterocycles. The second-order valence-corrected chi connectivity index (χ2v) is 13.4. The molecule has 0 saturated heterocycles. The van der Waals surface area contributed by atoms with Gasteiger partial charge in [0.2, 0.25) is 11.8 Å². The van der Waals surface area contributed by atoms with Gasteiger partial charge in [-0.3, -0.25) is 13.9 Å². The first kappa shape index (κ1) is 31.2. The van der Waals surface area contributed by atoms with E-state index in [2.05, 4.69) is 21.2 Å². The lowest BCUT2D eigenvalue weighted by Crippen LogP contribution is -2.54. The van der Waals surface area contributed by atoms with Crippen LogP contribution in [0.3, 0.4) is 0 Å². The third-order valence-corrected chi connectivity index (χ3v) is 8.47. The van der Waals surface area contributed by atoms with Crippen LogP contribution in [0.4, 0.5) is 5.69 Å². The predicted octanol–water partition coefficient (Wildman–Crippen LogP) is 5.29. The van der Waals surface area contributed by atoms with Crippen LogP contribution in [-0.2, 0) is 26.2 Å². The molecule has 0 aliphatic carbocycles. The predicted molar refractivity (Wildman–Crippen MR) is 161 cm³/mol. The Morgan fingerprint density at radius 2 is 1.62 bits per heavy atom. The summed E-state index contributed by atoms with van der Waals surface area (Å²) < 4.78 is 34.9. The van der Waals surface area contributed by atoms with Crippen molar-refractivity contribution in [2.75, 3.05) is 18.0 Å². The summed E-state index contributed by atoms with van der Waals surface area (Å²) in [5.74, 6) is -0.270. The van der Waals surface area contributed by atoms with Gasteiger partial charge < -0.3 is 15.0 Å². The van der Waals surface area contributed by atoms with Crippen LogP contribution in [0, 0.1) is 6.92 Å². The van der Waals surface area contributed by atoms with Crippen molar-refractivity contribution < 1.29 is 22.7 Å². The first-order chi connectivity index (χ1) is 18.7. The zero-order valence-corrected chi connectivity index (χ0v) is 26.0. The van der Waals surface area contributed by atoms with Gasteiger partial charge in [0.25, 0.3) is 10.0 Å². The summed E-state index contributed by atoms with van der Waals surface area (Å²) in [5.41, 5.74) is 1.45. The number of hydrogen-bond acceptors (Lipinski definition) is 5. The summed E-state index contributed by atoms with van der Waals surface area (Å²) in [7, 11) is -2.57. The Kier molecular flexibility index (Phi) is 10.0. The van der Waals surface area contributed by atoms with Crippen molar-refractivity contribution in [3.05, 3.63) is 88.4 Å². The van der Waals surface area contributed by atoms with Crippen LogP contribution in [0.25, 0.3) is 0 Å². The van der Waals surface area contributed by atoms with Gasteiger partial charge in [-0.2, -0.15) is 0 Å². The molecule has 0 aromatic heterocycles. The number of hydrogen-bond donors (Lipinski definition) is 1. The summed E-state index contributed by atoms with van der Waals surface area (Å²) in [5, 5.41) is 2.92. The second kappa shape index (κ2) is 12.9. The Balaban J connectivity index is 2.04. The lowest BCUT2D eigenvalue weighted by molar-refractivity contribution is -0.140. The third kappa shape index (κ3) is 8.08. The Labute approximate surface area is 245 Å². The third-order valence-electron chi connectivity index (χ3n) is 6.16. The summed E-state index contributed by atoms with van der Waals surface area (Å²) in [6.45, 7) is 8.65. The van der Waals surface area contributed by atoms with Gasteiger partial charge in [0.05, 0.1) is 17.7 Å². The van der Waals surface area contributed by atoms with E-state index in [-0.39, 0.29) is 17.3 Å². The zero-order valence-electron chi connectivity index (χ0n) is 23.6. The molecule has 40 heavy (non-hydrogen) atoms. The molecule has 0 radical (unpaired) electrons. The highest BCUT2D eigenvalue weighted by atomic mass is 79.9. The van der Waals surface area contributed by atoms with E-state index < -0.39 is 34.1 Å². The van der Waals surface area contributed by atoms with Crippen LogP contribution in [-0.4, -0.2) is 50.4 Å². The van der Waals surface area contributed by atoms with Crippen molar-refractivity contribution in [3.63, 3.8) is 0 Å². The molecule has 8 nitrogen and oxygen atoms in total. The maximum atomic E-state index is 14.0. The fraction of sp³-hybridized carbons (Fsp3) is 0.333. The lowest BCUT2D eigenvalue weighted by Gasteiger charge is -2.33. The molecule has 214 valence electrons. The molecule has 3 aromatic rings. The Morgan fingerprint density at radius 1 is 1.00 bits per heavy atom. The van der Waals surface area contributed by atoms with Crippen molar-refractivity contribution in [3.8, 4) is 5.75 Å². The van der Waals surface area contributed by atoms with E-state index in [1.165, 1.54) is 17.0 Å². The molecule has 10 heteroatoms. The number of ether oxygens (including phenoxy) is 1. The van der Waals surface area contributed by atoms with Gasteiger partial charge in [-0.15, -0.1) is 0 Å². The average Bonchev–Trinajstić information content (AvgIpc) is 2.89. The number of nitrogens with zero attached hydrogens (tertiary/aromatic N) is 2. The van der Waals surface area contributed by atoms with Crippen LogP contribution in [0.5, 0.6) is 5.75 Å². The van der Waals surface area contributed by atoms with Crippen LogP contribution in [0.1, 0.15) is 38.8 Å². The van der Waals surface area contributed by atoms with Gasteiger partial charge in [0, 0.05) is 16.6 Å². The fourth-order valence-corrected chi connectivity index (χ4v) is 5.68. The maximum absolute atomic E-state index is 14.0. The number of halogens is 1. The number of methoxy groups -OCH3 is 1. The minimum absolute atomic E-state index is 0.0617. The summed E-state index contributed by atoms with van der Waals surface area (Å²) >= 11 is 3.38. The number of carbonyl (C=O) groups is 2. The summed E-state index contributed by atoms with van der Waals surface area (Å²) in [6, 6.07) is 19.5. The molecular formula is C30H36BrN3O5S. The van der Waals surface area contributed by atoms with Crippen LogP contribution in [0.2, 0.25) is 0 Å². The number of sulfonamides is 1. The summed E-state index contributed by atoms with van der Waals surface area (Å²) in [6.07, 6.45) is 0. The molecule has 1 atom stereocenters. The number of amides is 2. The van der Waals surface area contributed by atoms with Gasteiger partial charge >= 0.3 is 0 Å². The van der Waals surface area contributed by atoms with E-state index in [0.717, 1.165) is 19.9 Å². The average molecular weight is 631 g/mol. The smallest absolute Gasteiger partial charge is 0.264 e. The van der Waals surface area contributed by atoms with Crippen molar-refractivity contribution in [1.29, 1.82) is 0 Å². The number of aryl methyl sites for hydroxylation is 1. The molecule has 0 fully saturated rings. The molecule has 0 saturated carbocycles. The van der Waals surface area contributed by atoms with E-state index in [9.17, 15) is 18.0 Å². The molecule has 1 unspecified atom stereocenters. The van der Waals surface area contributed by atoms with Gasteiger partial charge in [-0.05, 0) is 88.7 Å². The molecule has 3 rings (SSSR count). The maximum Gasteiger partial charge on any atom is 0.264 e. The largest absolute Gasteiger partial charge is 0.497 e. The fourth-order valence-electron chi connectivity index (χ4n) is 4.00. The normalized spacial score (nSPS) is 12.4. The standard InChI is InChI=1S/C30H36BrN3O5S/c1-21-10-16-27(17-11-21)40(37,38)34(25-14-12-24(31)13-15-25)20-28(35)33(22(2)29(36)32-30(3,4)5)19-23-8-7-9-26(18-23)39-6/h7-18,22H,19-20H2,1-6H3,(H,32,36). The number of rotatable bonds is 10. The molecule has 1 N–H and O–H groups in total. The molecule has 0 spiro atoms. The number of nitrogens with one attached hydrogen (secondary N) is 1. The number of anilines is 1. The highest BCUT2D eigenvalue weighted by Crippen LogP contribution is 2.26. The first-order valence-corrected chi connectivity index (χ1v) is 15.0. The highest BCUT2D eigenvalue weighted by Gasteiger charge is 2.33. The quantitative estimate of drug-likeness (QED) is 0.329. The minimum atomic E-state index is -4.12. The molecule has 3 aromatic carbocycles. The molecule has 2 amide bonds. The van der Waals surface area contributed by atoms with Gasteiger partial charge in [-0.1, -0.05) is 45.8 Å². The van der Waals surface area contributed by atoms with E-state index in [0.29, 0.717) is 11.4 Å². The zero-order chi connectivity index (χ0) is 29.7. The Hall–Kier alpha value is -3.37. The summed E-state index contributed by atoms with van der Waals surface area (Å²) in [4.78, 5) is 28.6. The van der Waals surface area contributed by atoms with E-state index in [4.69, 9.17) is 4.74 Å². The monoisotopic (exact) mass is 629 g/mol. The van der Waals surface area contributed by atoms with E-state index >= 15 is 0 Å². The topological polar surface area (TPSA) is 96.0 Å². The molecule has 0 aliphatic rings. The lowest BCUT2D eigenvalue weighted by atomic mass is 10.1. The Bertz CT molecular complexity index is 1440. The van der Waals surface area contributed by atoms with Gasteiger partial charge in [0.15, 0.2) is 0 Å². The van der Waals surface area contributed by atoms with Crippen molar-refractivity contribution in [2.45, 2.75) is 57.6 Å². The number of benzene rings is 3. The van der Waals surface area contributed by atoms with Crippen molar-refractivity contribution >= 4 is 43.5 Å². The van der Waals surface area contributed by atoms with Crippen LogP contribution >= 0.6 is 15.9 Å². The minimum Gasteiger partial charge on any atom is -0.497 e. The highest BCUT2D eigenvalue weighted by molar-refractivity contribution is 9.10. The first-order valence-electron chi connectivity index (χ1n) is 12.8. The molecular weight excluding hydrogens is 594 g/mol. The van der Waals surface area contributed by atoms with E-state index in [1.54, 1.807) is 68.6 Å². The molecule has 0 bridgehead atoms. The second-order valence-electron chi connectivity index (χ2n) is 10.6. The molecule has 0 aliphatic heterocycles. The van der Waals surface area contributed by atoms with Crippen molar-refractivity contribution in [2.24, 2.45) is 0 Å². The van der Waals surface area contributed by atoms with E-state index in [1.807, 2.05) is 33.8 Å².